The van der Waals surface area contributed by atoms with Crippen molar-refractivity contribution in [2.24, 2.45) is 0 Å². The summed E-state index contributed by atoms with van der Waals surface area (Å²) in [5.41, 5.74) is 10.7. The summed E-state index contributed by atoms with van der Waals surface area (Å²) < 4.78 is 43.1. The van der Waals surface area contributed by atoms with E-state index in [1.54, 1.807) is 58.9 Å². The molecule has 2 atom stereocenters. The van der Waals surface area contributed by atoms with E-state index in [0.717, 1.165) is 5.56 Å². The van der Waals surface area contributed by atoms with Gasteiger partial charge in [0.1, 0.15) is 5.92 Å². The number of hydrogen-bond acceptors (Lipinski definition) is 2. The number of amides is 1. The monoisotopic (exact) mass is 492 g/mol. The Labute approximate surface area is 210 Å². The van der Waals surface area contributed by atoms with E-state index in [9.17, 15) is 18.0 Å². The maximum Gasteiger partial charge on any atom is 0.399 e. The van der Waals surface area contributed by atoms with Crippen LogP contribution < -0.4 is 11.1 Å². The van der Waals surface area contributed by atoms with Gasteiger partial charge in [0.15, 0.2) is 0 Å². The van der Waals surface area contributed by atoms with Crippen molar-refractivity contribution in [3.8, 4) is 11.8 Å². The first-order valence-corrected chi connectivity index (χ1v) is 11.7. The Kier molecular flexibility index (Phi) is 7.83. The van der Waals surface area contributed by atoms with Crippen LogP contribution in [0, 0.1) is 39.5 Å². The molecule has 1 amide bonds. The van der Waals surface area contributed by atoms with Crippen molar-refractivity contribution in [2.45, 2.75) is 59.6 Å². The number of aryl methyl sites for hydroxylation is 4. The number of nitrogens with one attached hydrogen (secondary N) is 1. The first-order valence-electron chi connectivity index (χ1n) is 11.7. The van der Waals surface area contributed by atoms with E-state index in [4.69, 9.17) is 5.73 Å². The van der Waals surface area contributed by atoms with Gasteiger partial charge in [-0.1, -0.05) is 30.2 Å². The Morgan fingerprint density at radius 2 is 1.44 bits per heavy atom. The first kappa shape index (κ1) is 26.9. The number of nitrogen functional groups attached to an aromatic ring is 1. The number of alkyl halides is 3. The Bertz CT molecular complexity index is 1350. The summed E-state index contributed by atoms with van der Waals surface area (Å²) in [6.07, 6.45) is -4.50. The Hall–Kier alpha value is -3.72. The molecular weight excluding hydrogens is 461 g/mol. The number of halogens is 3. The molecule has 3 aromatic rings. The molecule has 0 radical (unpaired) electrons. The van der Waals surface area contributed by atoms with Crippen LogP contribution in [-0.2, 0) is 0 Å². The largest absolute Gasteiger partial charge is 0.399 e. The van der Waals surface area contributed by atoms with Gasteiger partial charge in [0.2, 0.25) is 0 Å². The number of hydrogen-bond donors (Lipinski definition) is 2. The summed E-state index contributed by atoms with van der Waals surface area (Å²) in [5, 5.41) is 2.85. The zero-order chi connectivity index (χ0) is 26.8. The third kappa shape index (κ3) is 5.73. The van der Waals surface area contributed by atoms with Crippen molar-refractivity contribution in [3.05, 3.63) is 93.0 Å². The Morgan fingerprint density at radius 3 is 2.00 bits per heavy atom. The molecule has 0 saturated carbocycles. The van der Waals surface area contributed by atoms with Crippen LogP contribution in [-0.4, -0.2) is 12.1 Å². The van der Waals surface area contributed by atoms with Crippen molar-refractivity contribution in [1.29, 1.82) is 0 Å². The molecule has 0 aliphatic carbocycles. The van der Waals surface area contributed by atoms with Crippen molar-refractivity contribution < 1.29 is 18.0 Å². The molecule has 3 N–H and O–H groups in total. The van der Waals surface area contributed by atoms with Crippen LogP contribution >= 0.6 is 0 Å². The summed E-state index contributed by atoms with van der Waals surface area (Å²) in [4.78, 5) is 12.9. The number of carbonyl (C=O) groups is 1. The smallest absolute Gasteiger partial charge is 0.399 e. The lowest BCUT2D eigenvalue weighted by atomic mass is 9.83. The molecule has 3 rings (SSSR count). The lowest BCUT2D eigenvalue weighted by molar-refractivity contribution is -0.141. The Balaban J connectivity index is 1.95. The third-order valence-electron chi connectivity index (χ3n) is 6.50. The van der Waals surface area contributed by atoms with E-state index in [0.29, 0.717) is 39.2 Å². The minimum absolute atomic E-state index is 0.0552. The van der Waals surface area contributed by atoms with Crippen molar-refractivity contribution >= 4 is 17.3 Å². The summed E-state index contributed by atoms with van der Waals surface area (Å²) >= 11 is 0. The molecule has 0 bridgehead atoms. The minimum atomic E-state index is -4.50. The van der Waals surface area contributed by atoms with Crippen LogP contribution in [0.25, 0.3) is 0 Å². The lowest BCUT2D eigenvalue weighted by Gasteiger charge is -2.26. The van der Waals surface area contributed by atoms with E-state index >= 15 is 0 Å². The summed E-state index contributed by atoms with van der Waals surface area (Å²) in [6.45, 7) is 10.4. The van der Waals surface area contributed by atoms with Crippen LogP contribution in [0.15, 0.2) is 48.5 Å². The predicted molar refractivity (Wildman–Crippen MR) is 140 cm³/mol. The van der Waals surface area contributed by atoms with Crippen LogP contribution in [0.2, 0.25) is 0 Å². The molecule has 0 aromatic heterocycles. The second kappa shape index (κ2) is 10.5. The number of rotatable bonds is 5. The molecule has 3 nitrogen and oxygen atoms in total. The number of nitrogens with two attached hydrogens (primary N) is 1. The second-order valence-corrected chi connectivity index (χ2v) is 9.26. The van der Waals surface area contributed by atoms with Gasteiger partial charge < -0.3 is 11.1 Å². The molecule has 0 fully saturated rings. The van der Waals surface area contributed by atoms with E-state index < -0.39 is 12.1 Å². The molecule has 0 saturated heterocycles. The van der Waals surface area contributed by atoms with Crippen LogP contribution in [0.5, 0.6) is 0 Å². The van der Waals surface area contributed by atoms with Gasteiger partial charge in [0.25, 0.3) is 5.91 Å². The minimum Gasteiger partial charge on any atom is -0.399 e. The molecule has 0 heterocycles. The fraction of sp³-hybridized carbons (Fsp3) is 0.300. The molecule has 0 aliphatic heterocycles. The van der Waals surface area contributed by atoms with Gasteiger partial charge in [-0.05, 0) is 105 Å². The van der Waals surface area contributed by atoms with E-state index in [-0.39, 0.29) is 23.0 Å². The molecular formula is C30H31F3N2O. The zero-order valence-corrected chi connectivity index (χ0v) is 21.4. The van der Waals surface area contributed by atoms with E-state index in [1.165, 1.54) is 12.1 Å². The fourth-order valence-electron chi connectivity index (χ4n) is 4.39. The van der Waals surface area contributed by atoms with E-state index in [2.05, 4.69) is 17.2 Å². The summed E-state index contributed by atoms with van der Waals surface area (Å²) in [7, 11) is 0. The number of anilines is 2. The quantitative estimate of drug-likeness (QED) is 0.285. The maximum absolute atomic E-state index is 14.4. The van der Waals surface area contributed by atoms with Gasteiger partial charge in [-0.25, -0.2) is 0 Å². The first-order chi connectivity index (χ1) is 16.8. The van der Waals surface area contributed by atoms with Gasteiger partial charge in [-0.3, -0.25) is 4.79 Å². The lowest BCUT2D eigenvalue weighted by Crippen LogP contribution is -2.24. The molecule has 36 heavy (non-hydrogen) atoms. The molecule has 6 heteroatoms. The fourth-order valence-corrected chi connectivity index (χ4v) is 4.39. The topological polar surface area (TPSA) is 55.1 Å². The highest BCUT2D eigenvalue weighted by atomic mass is 19.4. The van der Waals surface area contributed by atoms with Crippen molar-refractivity contribution in [1.82, 2.24) is 0 Å². The van der Waals surface area contributed by atoms with Gasteiger partial charge >= 0.3 is 6.18 Å². The normalized spacial score (nSPS) is 12.9. The SMILES string of the molecule is CC#CC(C)c1ccc(C(=O)Nc2cc(C)c(C(c3cc(C)c(N)cc3C)C(F)(F)F)cc2C)cc1. The summed E-state index contributed by atoms with van der Waals surface area (Å²) in [6, 6.07) is 13.4. The highest BCUT2D eigenvalue weighted by molar-refractivity contribution is 6.04. The zero-order valence-electron chi connectivity index (χ0n) is 21.4. The van der Waals surface area contributed by atoms with Crippen LogP contribution in [0.4, 0.5) is 24.5 Å². The molecule has 2 unspecified atom stereocenters. The van der Waals surface area contributed by atoms with Gasteiger partial charge in [-0.15, -0.1) is 5.92 Å². The van der Waals surface area contributed by atoms with Gasteiger partial charge in [0.05, 0.1) is 0 Å². The van der Waals surface area contributed by atoms with Gasteiger partial charge in [0, 0.05) is 22.9 Å². The predicted octanol–water partition coefficient (Wildman–Crippen LogP) is 7.58. The molecule has 3 aromatic carbocycles. The second-order valence-electron chi connectivity index (χ2n) is 9.26. The maximum atomic E-state index is 14.4. The summed E-state index contributed by atoms with van der Waals surface area (Å²) in [5.74, 6) is 3.88. The third-order valence-corrected chi connectivity index (χ3v) is 6.50. The molecule has 0 spiro atoms. The molecule has 0 aliphatic rings. The number of carbonyl (C=O) groups excluding carboxylic acids is 1. The standard InChI is InChI=1S/C30H31F3N2O/c1-7-8-17(2)22-9-11-23(12-10-22)29(36)35-27-16-19(4)25(14-21(27)6)28(30(31,32)33)24-13-20(5)26(34)15-18(24)3/h9-17,28H,34H2,1-6H3,(H,35,36). The van der Waals surface area contributed by atoms with Crippen LogP contribution in [0.3, 0.4) is 0 Å². The van der Waals surface area contributed by atoms with Crippen molar-refractivity contribution in [3.63, 3.8) is 0 Å². The van der Waals surface area contributed by atoms with Gasteiger partial charge in [-0.2, -0.15) is 13.2 Å². The van der Waals surface area contributed by atoms with Crippen molar-refractivity contribution in [2.75, 3.05) is 11.1 Å². The molecule has 188 valence electrons. The number of benzene rings is 3. The average molecular weight is 493 g/mol. The Morgan fingerprint density at radius 1 is 0.889 bits per heavy atom. The van der Waals surface area contributed by atoms with E-state index in [1.807, 2.05) is 19.1 Å². The average Bonchev–Trinajstić information content (AvgIpc) is 2.79. The highest BCUT2D eigenvalue weighted by Crippen LogP contribution is 2.44. The highest BCUT2D eigenvalue weighted by Gasteiger charge is 2.43. The van der Waals surface area contributed by atoms with Crippen LogP contribution in [0.1, 0.15) is 75.0 Å².